The Kier molecular flexibility index (Phi) is 7.34. The molecule has 3 aromatic carbocycles. The van der Waals surface area contributed by atoms with E-state index in [-0.39, 0.29) is 17.9 Å². The molecule has 1 fully saturated rings. The number of rotatable bonds is 6. The Morgan fingerprint density at radius 2 is 1.77 bits per heavy atom. The number of hydrazine groups is 1. The number of hydrogen-bond acceptors (Lipinski definition) is 5. The van der Waals surface area contributed by atoms with Gasteiger partial charge in [0.15, 0.2) is 0 Å². The number of urea groups is 1. The summed E-state index contributed by atoms with van der Waals surface area (Å²) in [5, 5.41) is 13.2. The quantitative estimate of drug-likeness (QED) is 0.414. The molecule has 35 heavy (non-hydrogen) atoms. The van der Waals surface area contributed by atoms with Crippen LogP contribution >= 0.6 is 11.6 Å². The number of anilines is 2. The highest BCUT2D eigenvalue weighted by Gasteiger charge is 2.32. The fourth-order valence-electron chi connectivity index (χ4n) is 3.71. The molecule has 0 bridgehead atoms. The van der Waals surface area contributed by atoms with E-state index in [1.54, 1.807) is 36.4 Å². The van der Waals surface area contributed by atoms with E-state index in [2.05, 4.69) is 20.7 Å². The maximum atomic E-state index is 12.4. The van der Waals surface area contributed by atoms with Crippen LogP contribution in [0, 0.1) is 0 Å². The van der Waals surface area contributed by atoms with E-state index in [9.17, 15) is 18.0 Å². The van der Waals surface area contributed by atoms with Crippen LogP contribution in [-0.4, -0.2) is 31.1 Å². The molecule has 0 spiro atoms. The van der Waals surface area contributed by atoms with Crippen molar-refractivity contribution in [1.29, 1.82) is 0 Å². The van der Waals surface area contributed by atoms with Gasteiger partial charge in [0, 0.05) is 13.6 Å². The van der Waals surface area contributed by atoms with Gasteiger partial charge in [-0.1, -0.05) is 48.0 Å². The van der Waals surface area contributed by atoms with E-state index in [0.29, 0.717) is 23.9 Å². The van der Waals surface area contributed by atoms with E-state index in [1.807, 2.05) is 41.3 Å². The third-order valence-electron chi connectivity index (χ3n) is 5.43. The summed E-state index contributed by atoms with van der Waals surface area (Å²) in [6.45, 7) is 0.815. The zero-order valence-corrected chi connectivity index (χ0v) is 19.4. The van der Waals surface area contributed by atoms with Gasteiger partial charge in [-0.05, 0) is 47.5 Å². The van der Waals surface area contributed by atoms with Crippen LogP contribution in [0.15, 0.2) is 72.8 Å². The SMILES string of the molecule is CN1C(c2ccc(CNC(=O)Nc3ccccc3Cl)cc2)NCN1c1ccc(OC(F)(F)F)cc1. The summed E-state index contributed by atoms with van der Waals surface area (Å²) < 4.78 is 41.1. The minimum absolute atomic E-state index is 0.133. The molecule has 2 amide bonds. The summed E-state index contributed by atoms with van der Waals surface area (Å²) in [4.78, 5) is 12.2. The van der Waals surface area contributed by atoms with Gasteiger partial charge in [-0.2, -0.15) is 0 Å². The number of nitrogens with one attached hydrogen (secondary N) is 3. The molecule has 1 atom stereocenters. The molecule has 1 aliphatic heterocycles. The molecule has 1 unspecified atom stereocenters. The summed E-state index contributed by atoms with van der Waals surface area (Å²) in [6.07, 6.45) is -4.86. The number of amides is 2. The molecule has 0 saturated carbocycles. The second kappa shape index (κ2) is 10.4. The highest BCUT2D eigenvalue weighted by molar-refractivity contribution is 6.33. The molecule has 11 heteroatoms. The number of carbonyl (C=O) groups excluding carboxylic acids is 1. The lowest BCUT2D eigenvalue weighted by Gasteiger charge is -2.29. The highest BCUT2D eigenvalue weighted by atomic mass is 35.5. The van der Waals surface area contributed by atoms with Crippen molar-refractivity contribution in [2.24, 2.45) is 0 Å². The zero-order chi connectivity index (χ0) is 25.0. The van der Waals surface area contributed by atoms with Gasteiger partial charge in [0.1, 0.15) is 11.9 Å². The van der Waals surface area contributed by atoms with Crippen LogP contribution < -0.4 is 25.7 Å². The first-order valence-corrected chi connectivity index (χ1v) is 11.0. The highest BCUT2D eigenvalue weighted by Crippen LogP contribution is 2.30. The monoisotopic (exact) mass is 505 g/mol. The van der Waals surface area contributed by atoms with E-state index in [4.69, 9.17) is 11.6 Å². The summed E-state index contributed by atoms with van der Waals surface area (Å²) in [6, 6.07) is 20.1. The van der Waals surface area contributed by atoms with E-state index in [1.165, 1.54) is 12.1 Å². The number of alkyl halides is 3. The van der Waals surface area contributed by atoms with Crippen molar-refractivity contribution in [1.82, 2.24) is 15.6 Å². The minimum Gasteiger partial charge on any atom is -0.406 e. The van der Waals surface area contributed by atoms with Crippen molar-refractivity contribution in [2.45, 2.75) is 19.1 Å². The van der Waals surface area contributed by atoms with Gasteiger partial charge in [-0.15, -0.1) is 13.2 Å². The van der Waals surface area contributed by atoms with Crippen molar-refractivity contribution in [3.8, 4) is 5.75 Å². The van der Waals surface area contributed by atoms with Gasteiger partial charge in [-0.25, -0.2) is 9.80 Å². The molecule has 184 valence electrons. The molecule has 7 nitrogen and oxygen atoms in total. The minimum atomic E-state index is -4.72. The molecule has 0 radical (unpaired) electrons. The van der Waals surface area contributed by atoms with Crippen LogP contribution in [0.4, 0.5) is 29.3 Å². The summed E-state index contributed by atoms with van der Waals surface area (Å²) in [7, 11) is 1.89. The Bertz CT molecular complexity index is 1160. The Balaban J connectivity index is 1.32. The maximum Gasteiger partial charge on any atom is 0.573 e. The lowest BCUT2D eigenvalue weighted by molar-refractivity contribution is -0.274. The molecular formula is C24H23ClF3N5O2. The van der Waals surface area contributed by atoms with Crippen LogP contribution in [0.5, 0.6) is 5.75 Å². The van der Waals surface area contributed by atoms with Crippen molar-refractivity contribution in [3.63, 3.8) is 0 Å². The number of carbonyl (C=O) groups is 1. The maximum absolute atomic E-state index is 12.4. The van der Waals surface area contributed by atoms with Gasteiger partial charge in [0.25, 0.3) is 0 Å². The molecule has 0 aromatic heterocycles. The third kappa shape index (κ3) is 6.36. The largest absolute Gasteiger partial charge is 0.573 e. The van der Waals surface area contributed by atoms with Gasteiger partial charge in [0.05, 0.1) is 23.1 Å². The summed E-state index contributed by atoms with van der Waals surface area (Å²) in [5.74, 6) is -0.266. The van der Waals surface area contributed by atoms with Crippen molar-refractivity contribution in [2.75, 3.05) is 24.0 Å². The van der Waals surface area contributed by atoms with Crippen LogP contribution in [0.3, 0.4) is 0 Å². The second-order valence-corrected chi connectivity index (χ2v) is 8.22. The Labute approximate surface area is 205 Å². The zero-order valence-electron chi connectivity index (χ0n) is 18.6. The topological polar surface area (TPSA) is 68.9 Å². The van der Waals surface area contributed by atoms with Crippen molar-refractivity contribution >= 4 is 29.0 Å². The average molecular weight is 506 g/mol. The van der Waals surface area contributed by atoms with E-state index < -0.39 is 6.36 Å². The first kappa shape index (κ1) is 24.6. The Hall–Kier alpha value is -3.47. The van der Waals surface area contributed by atoms with Crippen LogP contribution in [0.25, 0.3) is 0 Å². The predicted octanol–water partition coefficient (Wildman–Crippen LogP) is 5.47. The standard InChI is InChI=1S/C24H23ClF3N5O2/c1-32-22(30-15-33(32)18-10-12-19(13-11-18)35-24(26,27)28)17-8-6-16(7-9-17)14-29-23(34)31-21-5-3-2-4-20(21)25/h2-13,22,30H,14-15H2,1H3,(H2,29,31,34). The number of ether oxygens (including phenoxy) is 1. The van der Waals surface area contributed by atoms with Gasteiger partial charge in [0.2, 0.25) is 0 Å². The lowest BCUT2D eigenvalue weighted by atomic mass is 10.1. The molecule has 0 aliphatic carbocycles. The number of para-hydroxylation sites is 1. The third-order valence-corrected chi connectivity index (χ3v) is 5.76. The van der Waals surface area contributed by atoms with Gasteiger partial charge in [-0.3, -0.25) is 10.3 Å². The second-order valence-electron chi connectivity index (χ2n) is 7.81. The Morgan fingerprint density at radius 1 is 1.09 bits per heavy atom. The Morgan fingerprint density at radius 3 is 2.43 bits per heavy atom. The van der Waals surface area contributed by atoms with E-state index >= 15 is 0 Å². The fraction of sp³-hybridized carbons (Fsp3) is 0.208. The first-order valence-electron chi connectivity index (χ1n) is 10.7. The number of hydrogen-bond donors (Lipinski definition) is 3. The molecule has 4 rings (SSSR count). The normalized spacial score (nSPS) is 16.3. The predicted molar refractivity (Wildman–Crippen MR) is 128 cm³/mol. The fourth-order valence-corrected chi connectivity index (χ4v) is 3.90. The van der Waals surface area contributed by atoms with Crippen LogP contribution in [0.2, 0.25) is 5.02 Å². The van der Waals surface area contributed by atoms with Crippen molar-refractivity contribution in [3.05, 3.63) is 88.9 Å². The van der Waals surface area contributed by atoms with Crippen LogP contribution in [-0.2, 0) is 6.54 Å². The number of benzene rings is 3. The van der Waals surface area contributed by atoms with Crippen LogP contribution in [0.1, 0.15) is 17.3 Å². The smallest absolute Gasteiger partial charge is 0.406 e. The number of halogens is 4. The van der Waals surface area contributed by atoms with Gasteiger partial charge >= 0.3 is 12.4 Å². The lowest BCUT2D eigenvalue weighted by Crippen LogP contribution is -2.34. The van der Waals surface area contributed by atoms with Gasteiger partial charge < -0.3 is 15.4 Å². The molecular weight excluding hydrogens is 483 g/mol. The molecule has 1 saturated heterocycles. The molecule has 3 aromatic rings. The molecule has 1 aliphatic rings. The number of nitrogens with zero attached hydrogens (tertiary/aromatic N) is 2. The first-order chi connectivity index (χ1) is 16.7. The average Bonchev–Trinajstić information content (AvgIpc) is 3.20. The summed E-state index contributed by atoms with van der Waals surface area (Å²) >= 11 is 6.05. The molecule has 1 heterocycles. The van der Waals surface area contributed by atoms with E-state index in [0.717, 1.165) is 16.8 Å². The van der Waals surface area contributed by atoms with Crippen molar-refractivity contribution < 1.29 is 22.7 Å². The summed E-state index contributed by atoms with van der Waals surface area (Å²) in [5.41, 5.74) is 3.17. The molecule has 3 N–H and O–H groups in total.